The topological polar surface area (TPSA) is 21.3 Å². The van der Waals surface area contributed by atoms with Crippen molar-refractivity contribution in [2.24, 2.45) is 5.41 Å². The second-order valence-corrected chi connectivity index (χ2v) is 4.62. The first-order valence-electron chi connectivity index (χ1n) is 5.10. The van der Waals surface area contributed by atoms with E-state index in [0.29, 0.717) is 5.41 Å². The van der Waals surface area contributed by atoms with Gasteiger partial charge in [0.15, 0.2) is 0 Å². The van der Waals surface area contributed by atoms with Crippen molar-refractivity contribution in [2.75, 3.05) is 19.8 Å². The Morgan fingerprint density at radius 3 is 2.92 bits per heavy atom. The summed E-state index contributed by atoms with van der Waals surface area (Å²) in [6.45, 7) is 5.41. The van der Waals surface area contributed by atoms with Crippen molar-refractivity contribution in [2.45, 2.75) is 38.6 Å². The summed E-state index contributed by atoms with van der Waals surface area (Å²) in [5, 5.41) is 3.59. The monoisotopic (exact) mass is 169 g/mol. The molecule has 12 heavy (non-hydrogen) atoms. The largest absolute Gasteiger partial charge is 0.381 e. The molecule has 2 aliphatic rings. The van der Waals surface area contributed by atoms with E-state index in [4.69, 9.17) is 4.74 Å². The van der Waals surface area contributed by atoms with Crippen molar-refractivity contribution >= 4 is 0 Å². The molecule has 1 saturated carbocycles. The number of hydrogen-bond acceptors (Lipinski definition) is 2. The summed E-state index contributed by atoms with van der Waals surface area (Å²) in [5.74, 6) is 0. The summed E-state index contributed by atoms with van der Waals surface area (Å²) >= 11 is 0. The lowest BCUT2D eigenvalue weighted by Crippen LogP contribution is -2.39. The molecule has 0 aromatic heterocycles. The molecule has 1 saturated heterocycles. The fraction of sp³-hybridized carbons (Fsp3) is 1.00. The summed E-state index contributed by atoms with van der Waals surface area (Å²) in [7, 11) is 0. The number of hydrogen-bond donors (Lipinski definition) is 1. The van der Waals surface area contributed by atoms with Crippen LogP contribution < -0.4 is 5.32 Å². The summed E-state index contributed by atoms with van der Waals surface area (Å²) < 4.78 is 5.50. The molecular weight excluding hydrogens is 150 g/mol. The van der Waals surface area contributed by atoms with Crippen molar-refractivity contribution in [1.29, 1.82) is 0 Å². The van der Waals surface area contributed by atoms with Gasteiger partial charge in [0.1, 0.15) is 0 Å². The zero-order valence-corrected chi connectivity index (χ0v) is 7.94. The molecule has 0 bridgehead atoms. The van der Waals surface area contributed by atoms with Crippen LogP contribution >= 0.6 is 0 Å². The van der Waals surface area contributed by atoms with Gasteiger partial charge >= 0.3 is 0 Å². The molecular formula is C10H19NO. The van der Waals surface area contributed by atoms with Crippen LogP contribution in [0.2, 0.25) is 0 Å². The second-order valence-electron chi connectivity index (χ2n) is 4.62. The molecule has 0 aromatic rings. The maximum atomic E-state index is 5.50. The maximum Gasteiger partial charge on any atom is 0.0531 e. The van der Waals surface area contributed by atoms with E-state index in [1.165, 1.54) is 25.7 Å². The smallest absolute Gasteiger partial charge is 0.0531 e. The molecule has 2 rings (SSSR count). The van der Waals surface area contributed by atoms with Gasteiger partial charge in [0.2, 0.25) is 0 Å². The van der Waals surface area contributed by atoms with Crippen LogP contribution in [0.15, 0.2) is 0 Å². The van der Waals surface area contributed by atoms with E-state index in [2.05, 4.69) is 12.2 Å². The molecule has 1 heterocycles. The minimum Gasteiger partial charge on any atom is -0.381 e. The SMILES string of the molecule is CC1(CNC2CC2)CCCOC1. The Morgan fingerprint density at radius 1 is 1.50 bits per heavy atom. The van der Waals surface area contributed by atoms with Crippen LogP contribution in [-0.4, -0.2) is 25.8 Å². The minimum atomic E-state index is 0.418. The molecule has 2 fully saturated rings. The Hall–Kier alpha value is -0.0800. The van der Waals surface area contributed by atoms with E-state index >= 15 is 0 Å². The van der Waals surface area contributed by atoms with Gasteiger partial charge in [-0.25, -0.2) is 0 Å². The third-order valence-electron chi connectivity index (χ3n) is 2.91. The zero-order valence-electron chi connectivity index (χ0n) is 7.94. The summed E-state index contributed by atoms with van der Waals surface area (Å²) in [6.07, 6.45) is 5.34. The summed E-state index contributed by atoms with van der Waals surface area (Å²) in [5.41, 5.74) is 0.418. The lowest BCUT2D eigenvalue weighted by atomic mass is 9.85. The molecule has 1 aliphatic heterocycles. The quantitative estimate of drug-likeness (QED) is 0.692. The van der Waals surface area contributed by atoms with Crippen molar-refractivity contribution < 1.29 is 4.74 Å². The highest BCUT2D eigenvalue weighted by molar-refractivity contribution is 4.86. The van der Waals surface area contributed by atoms with E-state index in [9.17, 15) is 0 Å². The molecule has 1 aliphatic carbocycles. The minimum absolute atomic E-state index is 0.418. The molecule has 0 amide bonds. The standard InChI is InChI=1S/C10H19NO/c1-10(5-2-6-12-8-10)7-11-9-3-4-9/h9,11H,2-8H2,1H3. The van der Waals surface area contributed by atoms with Crippen LogP contribution in [0.3, 0.4) is 0 Å². The first-order chi connectivity index (χ1) is 5.79. The van der Waals surface area contributed by atoms with Crippen LogP contribution in [0.5, 0.6) is 0 Å². The first-order valence-corrected chi connectivity index (χ1v) is 5.10. The lowest BCUT2D eigenvalue weighted by Gasteiger charge is -2.33. The van der Waals surface area contributed by atoms with E-state index in [-0.39, 0.29) is 0 Å². The molecule has 0 aromatic carbocycles. The summed E-state index contributed by atoms with van der Waals surface area (Å²) in [4.78, 5) is 0. The second kappa shape index (κ2) is 3.35. The van der Waals surface area contributed by atoms with Crippen molar-refractivity contribution in [3.05, 3.63) is 0 Å². The van der Waals surface area contributed by atoms with Gasteiger partial charge in [0.05, 0.1) is 6.61 Å². The van der Waals surface area contributed by atoms with Gasteiger partial charge in [-0.2, -0.15) is 0 Å². The molecule has 70 valence electrons. The van der Waals surface area contributed by atoms with Crippen LogP contribution in [0, 0.1) is 5.41 Å². The van der Waals surface area contributed by atoms with Crippen molar-refractivity contribution in [1.82, 2.24) is 5.32 Å². The molecule has 0 spiro atoms. The molecule has 2 nitrogen and oxygen atoms in total. The maximum absolute atomic E-state index is 5.50. The van der Waals surface area contributed by atoms with Crippen LogP contribution in [0.1, 0.15) is 32.6 Å². The Kier molecular flexibility index (Phi) is 2.37. The van der Waals surface area contributed by atoms with Crippen molar-refractivity contribution in [3.8, 4) is 0 Å². The highest BCUT2D eigenvalue weighted by atomic mass is 16.5. The average molecular weight is 169 g/mol. The van der Waals surface area contributed by atoms with Gasteiger partial charge in [-0.05, 0) is 25.7 Å². The number of nitrogens with one attached hydrogen (secondary N) is 1. The first kappa shape index (κ1) is 8.52. The molecule has 1 N–H and O–H groups in total. The Labute approximate surface area is 74.7 Å². The van der Waals surface area contributed by atoms with Gasteiger partial charge in [-0.3, -0.25) is 0 Å². The fourth-order valence-corrected chi connectivity index (χ4v) is 1.81. The van der Waals surface area contributed by atoms with E-state index in [0.717, 1.165) is 25.8 Å². The van der Waals surface area contributed by atoms with Gasteiger partial charge < -0.3 is 10.1 Å². The predicted molar refractivity (Wildman–Crippen MR) is 49.2 cm³/mol. The van der Waals surface area contributed by atoms with Crippen LogP contribution in [0.25, 0.3) is 0 Å². The Bertz CT molecular complexity index is 148. The van der Waals surface area contributed by atoms with Gasteiger partial charge in [0, 0.05) is 24.6 Å². The van der Waals surface area contributed by atoms with E-state index in [1.54, 1.807) is 0 Å². The van der Waals surface area contributed by atoms with Gasteiger partial charge in [-0.1, -0.05) is 6.92 Å². The third kappa shape index (κ3) is 2.20. The average Bonchev–Trinajstić information content (AvgIpc) is 2.85. The third-order valence-corrected chi connectivity index (χ3v) is 2.91. The van der Waals surface area contributed by atoms with E-state index in [1.807, 2.05) is 0 Å². The van der Waals surface area contributed by atoms with Crippen LogP contribution in [0.4, 0.5) is 0 Å². The van der Waals surface area contributed by atoms with E-state index < -0.39 is 0 Å². The molecule has 0 radical (unpaired) electrons. The Morgan fingerprint density at radius 2 is 2.33 bits per heavy atom. The van der Waals surface area contributed by atoms with Crippen LogP contribution in [-0.2, 0) is 4.74 Å². The zero-order chi connectivity index (χ0) is 8.44. The molecule has 1 unspecified atom stereocenters. The fourth-order valence-electron chi connectivity index (χ4n) is 1.81. The lowest BCUT2D eigenvalue weighted by molar-refractivity contribution is 0.00295. The van der Waals surface area contributed by atoms with Gasteiger partial charge in [-0.15, -0.1) is 0 Å². The normalized spacial score (nSPS) is 36.8. The molecule has 2 heteroatoms. The Balaban J connectivity index is 1.73. The number of rotatable bonds is 3. The highest BCUT2D eigenvalue weighted by Crippen LogP contribution is 2.28. The van der Waals surface area contributed by atoms with Gasteiger partial charge in [0.25, 0.3) is 0 Å². The predicted octanol–water partition coefficient (Wildman–Crippen LogP) is 1.56. The summed E-state index contributed by atoms with van der Waals surface area (Å²) in [6, 6.07) is 0.837. The van der Waals surface area contributed by atoms with Crippen molar-refractivity contribution in [3.63, 3.8) is 0 Å². The number of ether oxygens (including phenoxy) is 1. The molecule has 1 atom stereocenters. The highest BCUT2D eigenvalue weighted by Gasteiger charge is 2.30.